The maximum absolute atomic E-state index is 12.2. The average Bonchev–Trinajstić information content (AvgIpc) is 3.08. The lowest BCUT2D eigenvalue weighted by Gasteiger charge is -2.12. The summed E-state index contributed by atoms with van der Waals surface area (Å²) in [7, 11) is 1.47. The van der Waals surface area contributed by atoms with Gasteiger partial charge in [-0.2, -0.15) is 0 Å². The summed E-state index contributed by atoms with van der Waals surface area (Å²) < 4.78 is 5.82. The van der Waals surface area contributed by atoms with Gasteiger partial charge >= 0.3 is 0 Å². The van der Waals surface area contributed by atoms with Crippen LogP contribution >= 0.6 is 12.4 Å². The van der Waals surface area contributed by atoms with Crippen LogP contribution in [0.3, 0.4) is 0 Å². The van der Waals surface area contributed by atoms with Crippen molar-refractivity contribution >= 4 is 35.2 Å². The van der Waals surface area contributed by atoms with Crippen molar-refractivity contribution in [2.45, 2.75) is 12.8 Å². The highest BCUT2D eigenvalue weighted by molar-refractivity contribution is 6.05. The molecule has 0 saturated carbocycles. The molecular weight excluding hydrogens is 364 g/mol. The van der Waals surface area contributed by atoms with E-state index in [1.165, 1.54) is 12.6 Å². The fourth-order valence-corrected chi connectivity index (χ4v) is 2.71. The van der Waals surface area contributed by atoms with Crippen LogP contribution in [0.2, 0.25) is 0 Å². The summed E-state index contributed by atoms with van der Waals surface area (Å²) in [6.07, 6.45) is 1.90. The van der Waals surface area contributed by atoms with Gasteiger partial charge in [-0.05, 0) is 36.6 Å². The normalized spacial score (nSPS) is 10.3. The van der Waals surface area contributed by atoms with Crippen molar-refractivity contribution in [2.75, 3.05) is 13.7 Å². The fourth-order valence-electron chi connectivity index (χ4n) is 2.71. The molecule has 0 atom stereocenters. The zero-order valence-corrected chi connectivity index (χ0v) is 15.9. The van der Waals surface area contributed by atoms with E-state index >= 15 is 0 Å². The lowest BCUT2D eigenvalue weighted by molar-refractivity contribution is 0.0864. The van der Waals surface area contributed by atoms with Gasteiger partial charge in [-0.25, -0.2) is 0 Å². The van der Waals surface area contributed by atoms with Crippen LogP contribution in [-0.2, 0) is 6.42 Å². The number of guanidine groups is 1. The zero-order valence-electron chi connectivity index (χ0n) is 15.1. The smallest absolute Gasteiger partial charge is 0.276 e. The van der Waals surface area contributed by atoms with Gasteiger partial charge in [0.1, 0.15) is 11.4 Å². The summed E-state index contributed by atoms with van der Waals surface area (Å²) in [5.41, 5.74) is 7.86. The number of aromatic nitrogens is 1. The van der Waals surface area contributed by atoms with E-state index in [4.69, 9.17) is 15.9 Å². The number of rotatable bonds is 6. The Labute approximate surface area is 164 Å². The molecule has 1 heterocycles. The maximum atomic E-state index is 12.2. The highest BCUT2D eigenvalue weighted by atomic mass is 35.5. The third kappa shape index (κ3) is 5.01. The van der Waals surface area contributed by atoms with Gasteiger partial charge in [0.05, 0.1) is 6.61 Å². The Balaban J connectivity index is 0.00000261. The Hall–Kier alpha value is -2.99. The minimum atomic E-state index is -0.348. The van der Waals surface area contributed by atoms with Crippen molar-refractivity contribution < 1.29 is 9.53 Å². The molecule has 3 aromatic rings. The number of hydrogen-bond acceptors (Lipinski definition) is 3. The number of benzene rings is 2. The topological polar surface area (TPSA) is 95.2 Å². The second-order valence-corrected chi connectivity index (χ2v) is 6.12. The van der Waals surface area contributed by atoms with E-state index in [1.807, 2.05) is 36.4 Å². The standard InChI is InChI=1S/C20H22N4O2.ClH/c1-24(20(21)22)19(25)18-12-15-9-10-16(13-17(15)23-18)26-11-5-8-14-6-3-2-4-7-14;/h2-4,6-7,9-10,12-13,23H,5,8,11H2,1H3,(H3,21,22);1H. The number of carbonyl (C=O) groups is 1. The van der Waals surface area contributed by atoms with Crippen LogP contribution in [-0.4, -0.2) is 35.4 Å². The number of nitrogens with zero attached hydrogens (tertiary/aromatic N) is 1. The first-order valence-corrected chi connectivity index (χ1v) is 8.46. The van der Waals surface area contributed by atoms with E-state index < -0.39 is 0 Å². The van der Waals surface area contributed by atoms with Gasteiger partial charge in [0.25, 0.3) is 5.91 Å². The van der Waals surface area contributed by atoms with Crippen molar-refractivity contribution in [3.63, 3.8) is 0 Å². The van der Waals surface area contributed by atoms with Crippen molar-refractivity contribution in [3.8, 4) is 5.75 Å². The molecule has 27 heavy (non-hydrogen) atoms. The van der Waals surface area contributed by atoms with Crippen molar-refractivity contribution in [2.24, 2.45) is 5.73 Å². The molecule has 1 aromatic heterocycles. The summed E-state index contributed by atoms with van der Waals surface area (Å²) in [5, 5.41) is 8.26. The minimum absolute atomic E-state index is 0. The Bertz CT molecular complexity index is 924. The second-order valence-electron chi connectivity index (χ2n) is 6.12. The molecular formula is C20H23ClN4O2. The van der Waals surface area contributed by atoms with Crippen LogP contribution in [0.25, 0.3) is 10.9 Å². The van der Waals surface area contributed by atoms with E-state index in [1.54, 1.807) is 6.07 Å². The van der Waals surface area contributed by atoms with Crippen LogP contribution in [0, 0.1) is 5.41 Å². The third-order valence-electron chi connectivity index (χ3n) is 4.21. The molecule has 0 aliphatic carbocycles. The zero-order chi connectivity index (χ0) is 18.5. The first kappa shape index (κ1) is 20.3. The number of carbonyl (C=O) groups excluding carboxylic acids is 1. The Morgan fingerprint density at radius 2 is 1.93 bits per heavy atom. The van der Waals surface area contributed by atoms with Gasteiger partial charge in [-0.3, -0.25) is 15.1 Å². The van der Waals surface area contributed by atoms with Gasteiger partial charge < -0.3 is 15.5 Å². The number of aromatic amines is 1. The molecule has 0 aliphatic rings. The number of aryl methyl sites for hydroxylation is 1. The molecule has 1 amide bonds. The average molecular weight is 387 g/mol. The third-order valence-corrected chi connectivity index (χ3v) is 4.21. The van der Waals surface area contributed by atoms with Crippen molar-refractivity contribution in [3.05, 3.63) is 65.9 Å². The number of fused-ring (bicyclic) bond motifs is 1. The van der Waals surface area contributed by atoms with Crippen molar-refractivity contribution in [1.29, 1.82) is 5.41 Å². The van der Waals surface area contributed by atoms with Crippen LogP contribution < -0.4 is 10.5 Å². The number of amides is 1. The molecule has 0 spiro atoms. The van der Waals surface area contributed by atoms with Gasteiger partial charge in [0.15, 0.2) is 5.96 Å². The Morgan fingerprint density at radius 3 is 2.63 bits per heavy atom. The van der Waals surface area contributed by atoms with E-state index in [-0.39, 0.29) is 24.3 Å². The summed E-state index contributed by atoms with van der Waals surface area (Å²) >= 11 is 0. The number of nitrogens with one attached hydrogen (secondary N) is 2. The van der Waals surface area contributed by atoms with Crippen LogP contribution in [0.1, 0.15) is 22.5 Å². The predicted octanol–water partition coefficient (Wildman–Crippen LogP) is 3.57. The molecule has 6 nitrogen and oxygen atoms in total. The molecule has 2 aromatic carbocycles. The molecule has 0 radical (unpaired) electrons. The van der Waals surface area contributed by atoms with Crippen LogP contribution in [0.4, 0.5) is 0 Å². The van der Waals surface area contributed by atoms with E-state index in [0.29, 0.717) is 12.3 Å². The van der Waals surface area contributed by atoms with Gasteiger partial charge in [-0.1, -0.05) is 30.3 Å². The quantitative estimate of drug-likeness (QED) is 0.343. The molecule has 0 aliphatic heterocycles. The molecule has 0 saturated heterocycles. The number of ether oxygens (including phenoxy) is 1. The lowest BCUT2D eigenvalue weighted by Crippen LogP contribution is -2.38. The summed E-state index contributed by atoms with van der Waals surface area (Å²) in [5.74, 6) is 0.112. The number of nitrogens with two attached hydrogens (primary N) is 1. The second kappa shape index (κ2) is 9.09. The van der Waals surface area contributed by atoms with E-state index in [2.05, 4.69) is 17.1 Å². The van der Waals surface area contributed by atoms with Crippen molar-refractivity contribution in [1.82, 2.24) is 9.88 Å². The minimum Gasteiger partial charge on any atom is -0.494 e. The number of H-pyrrole nitrogens is 1. The highest BCUT2D eigenvalue weighted by Gasteiger charge is 2.16. The van der Waals surface area contributed by atoms with Crippen LogP contribution in [0.15, 0.2) is 54.6 Å². The summed E-state index contributed by atoms with van der Waals surface area (Å²) in [4.78, 5) is 16.4. The molecule has 0 unspecified atom stereocenters. The molecule has 0 fully saturated rings. The van der Waals surface area contributed by atoms with Gasteiger partial charge in [0, 0.05) is 24.0 Å². The molecule has 7 heteroatoms. The van der Waals surface area contributed by atoms with Gasteiger partial charge in [0.2, 0.25) is 0 Å². The fraction of sp³-hybridized carbons (Fsp3) is 0.200. The van der Waals surface area contributed by atoms with E-state index in [9.17, 15) is 4.79 Å². The first-order chi connectivity index (χ1) is 12.5. The summed E-state index contributed by atoms with van der Waals surface area (Å²) in [6.45, 7) is 0.625. The van der Waals surface area contributed by atoms with Crippen LogP contribution in [0.5, 0.6) is 5.75 Å². The SMILES string of the molecule is CN(C(=N)N)C(=O)c1cc2ccc(OCCCc3ccccc3)cc2[nH]1.Cl. The first-order valence-electron chi connectivity index (χ1n) is 8.46. The maximum Gasteiger partial charge on any atom is 0.276 e. The monoisotopic (exact) mass is 386 g/mol. The molecule has 4 N–H and O–H groups in total. The number of halogens is 1. The molecule has 142 valence electrons. The largest absolute Gasteiger partial charge is 0.494 e. The number of hydrogen-bond donors (Lipinski definition) is 3. The summed E-state index contributed by atoms with van der Waals surface area (Å²) in [6, 6.07) is 17.7. The van der Waals surface area contributed by atoms with E-state index in [0.717, 1.165) is 34.4 Å². The molecule has 0 bridgehead atoms. The predicted molar refractivity (Wildman–Crippen MR) is 110 cm³/mol. The highest BCUT2D eigenvalue weighted by Crippen LogP contribution is 2.22. The van der Waals surface area contributed by atoms with Gasteiger partial charge in [-0.15, -0.1) is 12.4 Å². The Kier molecular flexibility index (Phi) is 6.85. The molecule has 3 rings (SSSR count). The lowest BCUT2D eigenvalue weighted by atomic mass is 10.1. The Morgan fingerprint density at radius 1 is 1.19 bits per heavy atom.